The summed E-state index contributed by atoms with van der Waals surface area (Å²) >= 11 is -3.76. The summed E-state index contributed by atoms with van der Waals surface area (Å²) in [5, 5.41) is 0. The van der Waals surface area contributed by atoms with Crippen LogP contribution in [0.2, 0.25) is 0 Å². The van der Waals surface area contributed by atoms with Crippen molar-refractivity contribution < 1.29 is 47.9 Å². The monoisotopic (exact) mass is 234 g/mol. The number of hydrogen-bond donors (Lipinski definition) is 1. The standard InChI is InChI=1S/HIO3.Ni/c2-1(3)4;/h2H;. The van der Waals surface area contributed by atoms with Crippen LogP contribution in [0.25, 0.3) is 0 Å². The van der Waals surface area contributed by atoms with Crippen molar-refractivity contribution in [3.8, 4) is 0 Å². The quantitative estimate of drug-likeness (QED) is 0.335. The number of rotatable bonds is 0. The first-order valence-corrected chi connectivity index (χ1v) is 3.20. The van der Waals surface area contributed by atoms with E-state index in [2.05, 4.69) is 0 Å². The molecule has 0 aromatic carbocycles. The Balaban J connectivity index is 0. The molecule has 0 amide bonds. The van der Waals surface area contributed by atoms with Crippen molar-refractivity contribution in [3.05, 3.63) is 0 Å². The van der Waals surface area contributed by atoms with Crippen molar-refractivity contribution in [2.75, 3.05) is 0 Å². The van der Waals surface area contributed by atoms with Crippen LogP contribution >= 0.6 is 0 Å². The van der Waals surface area contributed by atoms with Crippen LogP contribution in [0.4, 0.5) is 0 Å². The molecule has 0 unspecified atom stereocenters. The van der Waals surface area contributed by atoms with Gasteiger partial charge in [-0.25, -0.2) is 0 Å². The van der Waals surface area contributed by atoms with Crippen LogP contribution in [-0.2, 0) is 16.5 Å². The largest absolute Gasteiger partial charge is 0.503 e. The Morgan fingerprint density at radius 1 is 1.40 bits per heavy atom. The first-order chi connectivity index (χ1) is 1.73. The molecular formula is HINiO3. The predicted molar refractivity (Wildman–Crippen MR) is 2.22 cm³/mol. The molecule has 0 heterocycles. The summed E-state index contributed by atoms with van der Waals surface area (Å²) in [6.45, 7) is 0. The van der Waals surface area contributed by atoms with Gasteiger partial charge in [-0.15, -0.1) is 0 Å². The maximum absolute atomic E-state index is 8.68. The van der Waals surface area contributed by atoms with Gasteiger partial charge < -0.3 is 6.87 Å². The first kappa shape index (κ1) is 9.44. The van der Waals surface area contributed by atoms with Gasteiger partial charge in [-0.3, -0.25) is 0 Å². The van der Waals surface area contributed by atoms with Crippen LogP contribution in [-0.4, -0.2) is 3.44 Å². The maximum Gasteiger partial charge on any atom is 0.503 e. The molecule has 0 aliphatic rings. The van der Waals surface area contributed by atoms with E-state index in [1.165, 1.54) is 0 Å². The third-order valence-electron chi connectivity index (χ3n) is 0. The Morgan fingerprint density at radius 2 is 1.40 bits per heavy atom. The summed E-state index contributed by atoms with van der Waals surface area (Å²) in [6.07, 6.45) is 0. The molecule has 0 spiro atoms. The molecule has 0 aromatic heterocycles. The zero-order valence-electron chi connectivity index (χ0n) is 1.96. The fourth-order valence-corrected chi connectivity index (χ4v) is 0. The number of hydrogen-bond acceptors (Lipinski definition) is 3. The topological polar surface area (TPSA) is 66.3 Å². The molecule has 0 aliphatic heterocycles. The second kappa shape index (κ2) is 5.10. The van der Waals surface area contributed by atoms with E-state index in [-0.39, 0.29) is 16.5 Å². The average Bonchev–Trinajstić information content (AvgIpc) is 0.811. The third kappa shape index (κ3) is 40.4. The smallest absolute Gasteiger partial charge is 0.396 e. The molecule has 0 radical (unpaired) electrons. The minimum Gasteiger partial charge on any atom is -0.396 e. The van der Waals surface area contributed by atoms with E-state index < -0.39 is 21.1 Å². The molecule has 3 nitrogen and oxygen atoms in total. The van der Waals surface area contributed by atoms with E-state index in [4.69, 9.17) is 10.3 Å². The summed E-state index contributed by atoms with van der Waals surface area (Å²) in [6, 6.07) is 0. The van der Waals surface area contributed by atoms with Crippen molar-refractivity contribution >= 4 is 0 Å². The fraction of sp³-hybridized carbons (Fsp3) is 0. The summed E-state index contributed by atoms with van der Waals surface area (Å²) in [7, 11) is 0. The molecule has 0 aromatic rings. The fourth-order valence-electron chi connectivity index (χ4n) is 0. The van der Waals surface area contributed by atoms with Crippen molar-refractivity contribution in [2.45, 2.75) is 0 Å². The minimum absolute atomic E-state index is 0. The van der Waals surface area contributed by atoms with Gasteiger partial charge in [0.15, 0.2) is 0 Å². The van der Waals surface area contributed by atoms with Crippen LogP contribution in [0.1, 0.15) is 0 Å². The number of halogens is 1. The zero-order chi connectivity index (χ0) is 3.58. The zero-order valence-corrected chi connectivity index (χ0v) is 5.10. The van der Waals surface area contributed by atoms with Gasteiger partial charge in [-0.05, 0) is 3.44 Å². The minimum atomic E-state index is -3.76. The Bertz CT molecular complexity index is 11.6. The van der Waals surface area contributed by atoms with Gasteiger partial charge in [0.1, 0.15) is 0 Å². The van der Waals surface area contributed by atoms with Crippen LogP contribution in [0.3, 0.4) is 0 Å². The Hall–Kier alpha value is 1.10. The van der Waals surface area contributed by atoms with Gasteiger partial charge in [0.2, 0.25) is 0 Å². The Labute approximate surface area is 48.0 Å². The van der Waals surface area contributed by atoms with E-state index in [1.54, 1.807) is 0 Å². The summed E-state index contributed by atoms with van der Waals surface area (Å²) < 4.78 is 24.5. The molecule has 0 rings (SSSR count). The maximum atomic E-state index is 8.68. The summed E-state index contributed by atoms with van der Waals surface area (Å²) in [4.78, 5) is 0. The van der Waals surface area contributed by atoms with E-state index in [0.717, 1.165) is 0 Å². The molecule has 5 heavy (non-hydrogen) atoms. The van der Waals surface area contributed by atoms with Gasteiger partial charge in [0, 0.05) is 16.5 Å². The molecule has 0 bridgehead atoms. The predicted octanol–water partition coefficient (Wildman–Crippen LogP) is -5.93. The van der Waals surface area contributed by atoms with Crippen molar-refractivity contribution in [1.82, 2.24) is 0 Å². The average molecular weight is 235 g/mol. The molecule has 0 saturated carbocycles. The third-order valence-corrected chi connectivity index (χ3v) is 0. The molecule has 0 atom stereocenters. The van der Waals surface area contributed by atoms with Crippen molar-refractivity contribution in [2.24, 2.45) is 0 Å². The van der Waals surface area contributed by atoms with E-state index >= 15 is 0 Å². The molecule has 36 valence electrons. The molecule has 0 fully saturated rings. The molecule has 1 N–H and O–H groups in total. The Kier molecular flexibility index (Phi) is 9.64. The Morgan fingerprint density at radius 3 is 1.40 bits per heavy atom. The van der Waals surface area contributed by atoms with E-state index in [1.807, 2.05) is 0 Å². The van der Waals surface area contributed by atoms with Gasteiger partial charge in [-0.1, -0.05) is 0 Å². The van der Waals surface area contributed by atoms with Crippen LogP contribution < -0.4 is 27.9 Å². The molecule has 0 aliphatic carbocycles. The van der Waals surface area contributed by atoms with Gasteiger partial charge in [-0.2, -0.15) is 0 Å². The van der Waals surface area contributed by atoms with Crippen LogP contribution in [0, 0.1) is 0 Å². The van der Waals surface area contributed by atoms with Crippen molar-refractivity contribution in [1.29, 1.82) is 0 Å². The van der Waals surface area contributed by atoms with E-state index in [0.29, 0.717) is 0 Å². The van der Waals surface area contributed by atoms with Gasteiger partial charge in [0.25, 0.3) is 0 Å². The second-order valence-electron chi connectivity index (χ2n) is 0.201. The van der Waals surface area contributed by atoms with E-state index in [9.17, 15) is 0 Å². The summed E-state index contributed by atoms with van der Waals surface area (Å²) in [5.41, 5.74) is 0. The summed E-state index contributed by atoms with van der Waals surface area (Å²) in [5.74, 6) is 0. The van der Waals surface area contributed by atoms with Gasteiger partial charge >= 0.3 is 21.1 Å². The normalized spacial score (nSPS) is 7.20. The van der Waals surface area contributed by atoms with Crippen molar-refractivity contribution in [3.63, 3.8) is 0 Å². The van der Waals surface area contributed by atoms with Gasteiger partial charge in [0.05, 0.1) is 0 Å². The molecule has 5 heteroatoms. The molecular weight excluding hydrogens is 234 g/mol. The second-order valence-corrected chi connectivity index (χ2v) is 1.35. The SMILES string of the molecule is [Ni].[O-][I+2]([O-])O. The first-order valence-electron chi connectivity index (χ1n) is 0.478. The molecule has 0 saturated heterocycles. The van der Waals surface area contributed by atoms with Crippen LogP contribution in [0.15, 0.2) is 0 Å². The van der Waals surface area contributed by atoms with Crippen LogP contribution in [0.5, 0.6) is 0 Å².